The minimum absolute atomic E-state index is 0.113. The van der Waals surface area contributed by atoms with Crippen molar-refractivity contribution in [1.29, 1.82) is 0 Å². The summed E-state index contributed by atoms with van der Waals surface area (Å²) >= 11 is 3.12. The Hall–Kier alpha value is -3.59. The Balaban J connectivity index is 1.41. The summed E-state index contributed by atoms with van der Waals surface area (Å²) < 4.78 is 24.1. The summed E-state index contributed by atoms with van der Waals surface area (Å²) in [4.78, 5) is 12.5. The van der Waals surface area contributed by atoms with Crippen LogP contribution in [0.25, 0.3) is 10.8 Å². The smallest absolute Gasteiger partial charge is 0.176 e. The molecule has 4 aromatic rings. The third kappa shape index (κ3) is 5.00. The zero-order valence-corrected chi connectivity index (χ0v) is 18.3. The van der Waals surface area contributed by atoms with Crippen LogP contribution >= 0.6 is 15.9 Å². The van der Waals surface area contributed by atoms with E-state index in [9.17, 15) is 14.4 Å². The normalized spacial score (nSPS) is 11.6. The number of benzene rings is 3. The van der Waals surface area contributed by atoms with Crippen LogP contribution in [0, 0.1) is 5.82 Å². The maximum absolute atomic E-state index is 13.5. The van der Waals surface area contributed by atoms with Crippen LogP contribution in [0.1, 0.15) is 17.0 Å². The van der Waals surface area contributed by atoms with Crippen molar-refractivity contribution in [2.45, 2.75) is 12.8 Å². The van der Waals surface area contributed by atoms with E-state index in [1.807, 2.05) is 36.4 Å². The van der Waals surface area contributed by atoms with Gasteiger partial charge in [0.15, 0.2) is 11.5 Å². The number of ether oxygens (including phenoxy) is 1. The third-order valence-electron chi connectivity index (χ3n) is 4.79. The second-order valence-corrected chi connectivity index (χ2v) is 7.90. The van der Waals surface area contributed by atoms with Crippen molar-refractivity contribution in [2.75, 3.05) is 6.61 Å². The standard InChI is InChI=1S/C23H17BrFN3O4/c24-19-9-14(5-8-20(19)25)10-21(26-30)23-22(27-32-28-23)12-17(29)13-31-18-7-6-15-3-1-2-4-16(15)11-18/h1-9,11,30H,10,12-13H2. The van der Waals surface area contributed by atoms with Gasteiger partial charge < -0.3 is 9.94 Å². The van der Waals surface area contributed by atoms with E-state index in [0.717, 1.165) is 10.8 Å². The number of nitrogens with zero attached hydrogens (tertiary/aromatic N) is 3. The van der Waals surface area contributed by atoms with E-state index in [2.05, 4.69) is 31.4 Å². The molecule has 1 aromatic heterocycles. The lowest BCUT2D eigenvalue weighted by molar-refractivity contribution is -0.120. The minimum Gasteiger partial charge on any atom is -0.486 e. The summed E-state index contributed by atoms with van der Waals surface area (Å²) in [5, 5.41) is 22.4. The molecule has 9 heteroatoms. The van der Waals surface area contributed by atoms with Gasteiger partial charge in [0.05, 0.1) is 10.9 Å². The highest BCUT2D eigenvalue weighted by Crippen LogP contribution is 2.21. The van der Waals surface area contributed by atoms with Crippen LogP contribution in [0.5, 0.6) is 5.75 Å². The second-order valence-electron chi connectivity index (χ2n) is 7.04. The Morgan fingerprint density at radius 1 is 1.06 bits per heavy atom. The van der Waals surface area contributed by atoms with Gasteiger partial charge in [0, 0.05) is 6.42 Å². The number of aromatic nitrogens is 2. The first-order chi connectivity index (χ1) is 15.5. The second kappa shape index (κ2) is 9.69. The van der Waals surface area contributed by atoms with Crippen molar-refractivity contribution in [3.05, 3.63) is 87.9 Å². The Kier molecular flexibility index (Phi) is 6.55. The monoisotopic (exact) mass is 497 g/mol. The van der Waals surface area contributed by atoms with Crippen molar-refractivity contribution < 1.29 is 23.8 Å². The molecular weight excluding hydrogens is 481 g/mol. The summed E-state index contributed by atoms with van der Waals surface area (Å²) in [5.74, 6) is -0.0796. The number of hydrogen-bond acceptors (Lipinski definition) is 7. The van der Waals surface area contributed by atoms with Crippen molar-refractivity contribution >= 4 is 38.2 Å². The van der Waals surface area contributed by atoms with Gasteiger partial charge in [-0.05, 0) is 61.7 Å². The fraction of sp³-hybridized carbons (Fsp3) is 0.130. The molecule has 0 aliphatic heterocycles. The first kappa shape index (κ1) is 21.6. The van der Waals surface area contributed by atoms with Gasteiger partial charge in [-0.25, -0.2) is 9.02 Å². The molecule has 0 saturated carbocycles. The van der Waals surface area contributed by atoms with Gasteiger partial charge in [0.1, 0.15) is 29.6 Å². The Morgan fingerprint density at radius 2 is 1.88 bits per heavy atom. The molecule has 0 saturated heterocycles. The predicted molar refractivity (Wildman–Crippen MR) is 119 cm³/mol. The molecule has 0 radical (unpaired) electrons. The third-order valence-corrected chi connectivity index (χ3v) is 5.40. The first-order valence-electron chi connectivity index (χ1n) is 9.63. The fourth-order valence-corrected chi connectivity index (χ4v) is 3.64. The van der Waals surface area contributed by atoms with Crippen LogP contribution in [-0.4, -0.2) is 33.6 Å². The molecule has 3 aromatic carbocycles. The van der Waals surface area contributed by atoms with E-state index in [4.69, 9.17) is 9.37 Å². The number of fused-ring (bicyclic) bond motifs is 1. The van der Waals surface area contributed by atoms with E-state index in [0.29, 0.717) is 11.3 Å². The van der Waals surface area contributed by atoms with E-state index in [-0.39, 0.29) is 46.8 Å². The van der Waals surface area contributed by atoms with Crippen molar-refractivity contribution in [1.82, 2.24) is 10.3 Å². The zero-order valence-electron chi connectivity index (χ0n) is 16.7. The molecule has 0 fully saturated rings. The Labute approximate surface area is 190 Å². The summed E-state index contributed by atoms with van der Waals surface area (Å²) in [6.45, 7) is -0.166. The number of rotatable bonds is 8. The molecule has 162 valence electrons. The number of Topliss-reactive ketones (excluding diaryl/α,β-unsaturated/α-hetero) is 1. The lowest BCUT2D eigenvalue weighted by Gasteiger charge is -2.07. The molecule has 0 amide bonds. The predicted octanol–water partition coefficient (Wildman–Crippen LogP) is 4.74. The van der Waals surface area contributed by atoms with E-state index in [1.54, 1.807) is 18.2 Å². The van der Waals surface area contributed by atoms with Gasteiger partial charge in [0.2, 0.25) is 0 Å². The van der Waals surface area contributed by atoms with Crippen molar-refractivity contribution in [3.8, 4) is 5.75 Å². The Morgan fingerprint density at radius 3 is 2.66 bits per heavy atom. The quantitative estimate of drug-likeness (QED) is 0.214. The molecular formula is C23H17BrFN3O4. The summed E-state index contributed by atoms with van der Waals surface area (Å²) in [6, 6.07) is 17.9. The number of oxime groups is 1. The maximum atomic E-state index is 13.5. The molecule has 0 unspecified atom stereocenters. The lowest BCUT2D eigenvalue weighted by atomic mass is 10.0. The molecule has 32 heavy (non-hydrogen) atoms. The number of ketones is 1. The lowest BCUT2D eigenvalue weighted by Crippen LogP contribution is -2.17. The highest BCUT2D eigenvalue weighted by Gasteiger charge is 2.20. The summed E-state index contributed by atoms with van der Waals surface area (Å²) in [7, 11) is 0. The summed E-state index contributed by atoms with van der Waals surface area (Å²) in [5.41, 5.74) is 1.20. The average Bonchev–Trinajstić information content (AvgIpc) is 3.26. The van der Waals surface area contributed by atoms with Gasteiger partial charge >= 0.3 is 0 Å². The van der Waals surface area contributed by atoms with Crippen LogP contribution < -0.4 is 4.74 Å². The Bertz CT molecular complexity index is 1310. The van der Waals surface area contributed by atoms with Gasteiger partial charge in [-0.3, -0.25) is 4.79 Å². The first-order valence-corrected chi connectivity index (χ1v) is 10.4. The molecule has 0 atom stereocenters. The van der Waals surface area contributed by atoms with Gasteiger partial charge in [-0.1, -0.05) is 46.7 Å². The highest BCUT2D eigenvalue weighted by molar-refractivity contribution is 9.10. The van der Waals surface area contributed by atoms with Gasteiger partial charge in [-0.15, -0.1) is 0 Å². The minimum atomic E-state index is -0.406. The molecule has 7 nitrogen and oxygen atoms in total. The van der Waals surface area contributed by atoms with Crippen LogP contribution in [0.4, 0.5) is 4.39 Å². The van der Waals surface area contributed by atoms with Crippen LogP contribution in [0.2, 0.25) is 0 Å². The van der Waals surface area contributed by atoms with E-state index < -0.39 is 5.82 Å². The maximum Gasteiger partial charge on any atom is 0.176 e. The molecule has 4 rings (SSSR count). The number of hydrogen-bond donors (Lipinski definition) is 1. The summed E-state index contributed by atoms with van der Waals surface area (Å²) in [6.07, 6.45) is 0.0247. The molecule has 1 N–H and O–H groups in total. The van der Waals surface area contributed by atoms with E-state index >= 15 is 0 Å². The number of carbonyl (C=O) groups is 1. The molecule has 1 heterocycles. The molecule has 0 bridgehead atoms. The number of halogens is 2. The topological polar surface area (TPSA) is 97.8 Å². The van der Waals surface area contributed by atoms with Crippen LogP contribution in [-0.2, 0) is 17.6 Å². The molecule has 0 aliphatic carbocycles. The van der Waals surface area contributed by atoms with E-state index in [1.165, 1.54) is 6.07 Å². The highest BCUT2D eigenvalue weighted by atomic mass is 79.9. The molecule has 0 spiro atoms. The van der Waals surface area contributed by atoms with Crippen LogP contribution in [0.15, 0.2) is 74.9 Å². The van der Waals surface area contributed by atoms with Crippen molar-refractivity contribution in [3.63, 3.8) is 0 Å². The van der Waals surface area contributed by atoms with Crippen LogP contribution in [0.3, 0.4) is 0 Å². The van der Waals surface area contributed by atoms with Gasteiger partial charge in [0.25, 0.3) is 0 Å². The SMILES string of the molecule is O=C(COc1ccc2ccccc2c1)Cc1nonc1C(Cc1ccc(F)c(Br)c1)=NO. The largest absolute Gasteiger partial charge is 0.486 e. The fourth-order valence-electron chi connectivity index (χ4n) is 3.21. The zero-order chi connectivity index (χ0) is 22.5. The average molecular weight is 498 g/mol. The van der Waals surface area contributed by atoms with Gasteiger partial charge in [-0.2, -0.15) is 0 Å². The number of carbonyl (C=O) groups excluding carboxylic acids is 1. The molecule has 0 aliphatic rings. The van der Waals surface area contributed by atoms with Crippen molar-refractivity contribution in [2.24, 2.45) is 5.16 Å².